The second kappa shape index (κ2) is 4.29. The predicted molar refractivity (Wildman–Crippen MR) is 68.3 cm³/mol. The van der Waals surface area contributed by atoms with E-state index in [-0.39, 0.29) is 5.91 Å². The molecule has 5 nitrogen and oxygen atoms in total. The molecule has 0 bridgehead atoms. The molecule has 0 saturated carbocycles. The number of benzene rings is 1. The van der Waals surface area contributed by atoms with Gasteiger partial charge in [0.15, 0.2) is 0 Å². The Morgan fingerprint density at radius 1 is 1.22 bits per heavy atom. The Balaban J connectivity index is 1.86. The molecular weight excluding hydrogens is 228 g/mol. The lowest BCUT2D eigenvalue weighted by atomic mass is 10.2. The summed E-state index contributed by atoms with van der Waals surface area (Å²) in [5.41, 5.74) is 2.12. The molecule has 0 aliphatic heterocycles. The number of nitrogens with one attached hydrogen (secondary N) is 2. The lowest BCUT2D eigenvalue weighted by Gasteiger charge is -2.04. The van der Waals surface area contributed by atoms with Gasteiger partial charge < -0.3 is 10.3 Å². The number of carbonyl (C=O) groups is 1. The maximum Gasteiger partial charge on any atom is 0.274 e. The van der Waals surface area contributed by atoms with E-state index in [0.717, 1.165) is 16.6 Å². The van der Waals surface area contributed by atoms with Crippen molar-refractivity contribution in [1.29, 1.82) is 0 Å². The van der Waals surface area contributed by atoms with Crippen LogP contribution in [0.5, 0.6) is 0 Å². The van der Waals surface area contributed by atoms with E-state index < -0.39 is 0 Å². The van der Waals surface area contributed by atoms with Gasteiger partial charge in [0.05, 0.1) is 0 Å². The monoisotopic (exact) mass is 238 g/mol. The highest BCUT2D eigenvalue weighted by Crippen LogP contribution is 2.18. The topological polar surface area (TPSA) is 70.7 Å². The van der Waals surface area contributed by atoms with Crippen LogP contribution in [-0.4, -0.2) is 20.9 Å². The summed E-state index contributed by atoms with van der Waals surface area (Å²) in [5.74, 6) is -0.243. The number of anilines is 1. The molecule has 0 unspecified atom stereocenters. The van der Waals surface area contributed by atoms with Gasteiger partial charge in [0.2, 0.25) is 0 Å². The predicted octanol–water partition coefficient (Wildman–Crippen LogP) is 2.21. The highest BCUT2D eigenvalue weighted by Gasteiger charge is 2.07. The van der Waals surface area contributed by atoms with Crippen LogP contribution in [0, 0.1) is 0 Å². The van der Waals surface area contributed by atoms with E-state index in [2.05, 4.69) is 20.3 Å². The third-order valence-corrected chi connectivity index (χ3v) is 2.63. The minimum absolute atomic E-state index is 0.243. The maximum atomic E-state index is 11.9. The molecular formula is C13H10N4O. The molecule has 5 heteroatoms. The Hall–Kier alpha value is -2.69. The second-order valence-electron chi connectivity index (χ2n) is 3.83. The van der Waals surface area contributed by atoms with Crippen LogP contribution in [0.1, 0.15) is 10.5 Å². The summed E-state index contributed by atoms with van der Waals surface area (Å²) in [7, 11) is 0. The number of aromatic nitrogens is 3. The Morgan fingerprint density at radius 2 is 2.17 bits per heavy atom. The SMILES string of the molecule is O=C(Nc1ccc2[nH]ccc2c1)c1ccncn1. The zero-order valence-electron chi connectivity index (χ0n) is 9.42. The molecule has 2 heterocycles. The quantitative estimate of drug-likeness (QED) is 0.719. The number of amides is 1. The molecule has 0 aliphatic carbocycles. The van der Waals surface area contributed by atoms with Crippen LogP contribution in [0.15, 0.2) is 49.1 Å². The summed E-state index contributed by atoms with van der Waals surface area (Å²) in [4.78, 5) is 22.6. The summed E-state index contributed by atoms with van der Waals surface area (Å²) in [6.45, 7) is 0. The molecule has 2 N–H and O–H groups in total. The van der Waals surface area contributed by atoms with Crippen molar-refractivity contribution in [2.45, 2.75) is 0 Å². The Bertz CT molecular complexity index is 690. The molecule has 0 atom stereocenters. The highest BCUT2D eigenvalue weighted by atomic mass is 16.1. The van der Waals surface area contributed by atoms with E-state index in [1.54, 1.807) is 6.07 Å². The smallest absolute Gasteiger partial charge is 0.274 e. The number of rotatable bonds is 2. The van der Waals surface area contributed by atoms with E-state index in [0.29, 0.717) is 5.69 Å². The van der Waals surface area contributed by atoms with E-state index in [1.807, 2.05) is 30.5 Å². The van der Waals surface area contributed by atoms with Gasteiger partial charge >= 0.3 is 0 Å². The standard InChI is InChI=1S/C13H10N4O/c18-13(12-4-5-14-8-16-12)17-10-1-2-11-9(7-10)3-6-15-11/h1-8,15H,(H,17,18). The molecule has 0 aliphatic rings. The fourth-order valence-electron chi connectivity index (χ4n) is 1.75. The third-order valence-electron chi connectivity index (χ3n) is 2.63. The molecule has 3 rings (SSSR count). The van der Waals surface area contributed by atoms with Crippen molar-refractivity contribution in [2.75, 3.05) is 5.32 Å². The van der Waals surface area contributed by atoms with Crippen molar-refractivity contribution < 1.29 is 4.79 Å². The van der Waals surface area contributed by atoms with Gasteiger partial charge in [-0.25, -0.2) is 9.97 Å². The Labute approximate surface area is 103 Å². The van der Waals surface area contributed by atoms with Gasteiger partial charge in [-0.2, -0.15) is 0 Å². The van der Waals surface area contributed by atoms with E-state index in [1.165, 1.54) is 12.5 Å². The number of H-pyrrole nitrogens is 1. The average Bonchev–Trinajstić information content (AvgIpc) is 2.87. The van der Waals surface area contributed by atoms with Gasteiger partial charge in [0.1, 0.15) is 12.0 Å². The van der Waals surface area contributed by atoms with Crippen LogP contribution in [0.2, 0.25) is 0 Å². The first kappa shape index (κ1) is 10.5. The van der Waals surface area contributed by atoms with Gasteiger partial charge in [-0.3, -0.25) is 4.79 Å². The van der Waals surface area contributed by atoms with Crippen molar-refractivity contribution in [3.8, 4) is 0 Å². The molecule has 0 spiro atoms. The van der Waals surface area contributed by atoms with Crippen LogP contribution >= 0.6 is 0 Å². The van der Waals surface area contributed by atoms with Crippen LogP contribution in [-0.2, 0) is 0 Å². The summed E-state index contributed by atoms with van der Waals surface area (Å²) < 4.78 is 0. The van der Waals surface area contributed by atoms with Crippen molar-refractivity contribution in [3.05, 3.63) is 54.7 Å². The number of aromatic amines is 1. The largest absolute Gasteiger partial charge is 0.361 e. The van der Waals surface area contributed by atoms with Gasteiger partial charge in [0.25, 0.3) is 5.91 Å². The molecule has 1 aromatic carbocycles. The first-order valence-electron chi connectivity index (χ1n) is 5.47. The number of hydrogen-bond donors (Lipinski definition) is 2. The minimum atomic E-state index is -0.243. The lowest BCUT2D eigenvalue weighted by Crippen LogP contribution is -2.13. The fraction of sp³-hybridized carbons (Fsp3) is 0. The number of hydrogen-bond acceptors (Lipinski definition) is 3. The van der Waals surface area contributed by atoms with E-state index in [9.17, 15) is 4.79 Å². The molecule has 2 aromatic heterocycles. The average molecular weight is 238 g/mol. The molecule has 18 heavy (non-hydrogen) atoms. The summed E-state index contributed by atoms with van der Waals surface area (Å²) in [5, 5.41) is 3.85. The van der Waals surface area contributed by atoms with Gasteiger partial charge in [-0.15, -0.1) is 0 Å². The molecule has 1 amide bonds. The number of carbonyl (C=O) groups excluding carboxylic acids is 1. The van der Waals surface area contributed by atoms with Crippen molar-refractivity contribution >= 4 is 22.5 Å². The number of nitrogens with zero attached hydrogens (tertiary/aromatic N) is 2. The third kappa shape index (κ3) is 1.93. The molecule has 3 aromatic rings. The van der Waals surface area contributed by atoms with Crippen LogP contribution in [0.4, 0.5) is 5.69 Å². The van der Waals surface area contributed by atoms with Gasteiger partial charge in [-0.1, -0.05) is 0 Å². The Kier molecular flexibility index (Phi) is 2.49. The second-order valence-corrected chi connectivity index (χ2v) is 3.83. The summed E-state index contributed by atoms with van der Waals surface area (Å²) in [6, 6.07) is 9.20. The summed E-state index contributed by atoms with van der Waals surface area (Å²) in [6.07, 6.45) is 4.75. The van der Waals surface area contributed by atoms with Crippen molar-refractivity contribution in [1.82, 2.24) is 15.0 Å². The molecule has 88 valence electrons. The first-order chi connectivity index (χ1) is 8.83. The Morgan fingerprint density at radius 3 is 3.00 bits per heavy atom. The lowest BCUT2D eigenvalue weighted by molar-refractivity contribution is 0.102. The zero-order chi connectivity index (χ0) is 12.4. The minimum Gasteiger partial charge on any atom is -0.361 e. The normalized spacial score (nSPS) is 10.4. The summed E-state index contributed by atoms with van der Waals surface area (Å²) >= 11 is 0. The zero-order valence-corrected chi connectivity index (χ0v) is 9.42. The van der Waals surface area contributed by atoms with Crippen molar-refractivity contribution in [3.63, 3.8) is 0 Å². The number of fused-ring (bicyclic) bond motifs is 1. The van der Waals surface area contributed by atoms with Crippen LogP contribution in [0.3, 0.4) is 0 Å². The fourth-order valence-corrected chi connectivity index (χ4v) is 1.75. The van der Waals surface area contributed by atoms with Crippen LogP contribution in [0.25, 0.3) is 10.9 Å². The highest BCUT2D eigenvalue weighted by molar-refractivity contribution is 6.03. The van der Waals surface area contributed by atoms with Gasteiger partial charge in [-0.05, 0) is 30.3 Å². The van der Waals surface area contributed by atoms with Crippen LogP contribution < -0.4 is 5.32 Å². The first-order valence-corrected chi connectivity index (χ1v) is 5.47. The van der Waals surface area contributed by atoms with Crippen molar-refractivity contribution in [2.24, 2.45) is 0 Å². The molecule has 0 saturated heterocycles. The molecule has 0 fully saturated rings. The van der Waals surface area contributed by atoms with E-state index in [4.69, 9.17) is 0 Å². The van der Waals surface area contributed by atoms with Gasteiger partial charge in [0, 0.05) is 29.0 Å². The maximum absolute atomic E-state index is 11.9. The molecule has 0 radical (unpaired) electrons. The van der Waals surface area contributed by atoms with E-state index >= 15 is 0 Å².